The van der Waals surface area contributed by atoms with E-state index >= 15 is 4.39 Å². The summed E-state index contributed by atoms with van der Waals surface area (Å²) in [6.45, 7) is 7.06. The van der Waals surface area contributed by atoms with Gasteiger partial charge in [0.2, 0.25) is 5.91 Å². The number of carbonyl (C=O) groups excluding carboxylic acids is 2. The fraction of sp³-hybridized carbons (Fsp3) is 0.421. The van der Waals surface area contributed by atoms with Crippen LogP contribution < -0.4 is 0 Å². The molecule has 1 aliphatic carbocycles. The number of hydrogen-bond donors (Lipinski definition) is 0. The monoisotopic (exact) mass is 711 g/mol. The SMILES string of the molecule is CS(=O)c1nc2c(F)c(-c3csc4ccccc34)c(CCC#N)cc2c2c1cc(CN1CCCC1=O)n2[C@H]1[C@@H]2C[C@H]1N(C(=O)OC(C)(C)C)C2. The van der Waals surface area contributed by atoms with E-state index in [1.54, 1.807) is 11.2 Å². The van der Waals surface area contributed by atoms with Gasteiger partial charge in [-0.25, -0.2) is 14.2 Å². The van der Waals surface area contributed by atoms with Crippen molar-refractivity contribution in [1.29, 1.82) is 5.26 Å². The number of rotatable bonds is 7. The van der Waals surface area contributed by atoms with Crippen molar-refractivity contribution >= 4 is 66.0 Å². The van der Waals surface area contributed by atoms with E-state index in [4.69, 9.17) is 9.72 Å². The van der Waals surface area contributed by atoms with Gasteiger partial charge in [-0.15, -0.1) is 11.3 Å². The van der Waals surface area contributed by atoms with Gasteiger partial charge in [-0.2, -0.15) is 5.26 Å². The van der Waals surface area contributed by atoms with Crippen LogP contribution in [0.1, 0.15) is 63.8 Å². The molecule has 3 saturated heterocycles. The first kappa shape index (κ1) is 32.8. The lowest BCUT2D eigenvalue weighted by Crippen LogP contribution is -2.44. The van der Waals surface area contributed by atoms with Crippen LogP contribution in [0.5, 0.6) is 0 Å². The maximum atomic E-state index is 17.4. The van der Waals surface area contributed by atoms with Crippen LogP contribution in [0.2, 0.25) is 0 Å². The van der Waals surface area contributed by atoms with Crippen molar-refractivity contribution in [2.75, 3.05) is 19.3 Å². The number of benzene rings is 2. The summed E-state index contributed by atoms with van der Waals surface area (Å²) in [5.74, 6) is -0.314. The van der Waals surface area contributed by atoms with Crippen LogP contribution in [-0.4, -0.2) is 66.5 Å². The van der Waals surface area contributed by atoms with E-state index in [-0.39, 0.29) is 47.0 Å². The first-order chi connectivity index (χ1) is 23.9. The van der Waals surface area contributed by atoms with Gasteiger partial charge in [0.15, 0.2) is 5.82 Å². The Bertz CT molecular complexity index is 2300. The van der Waals surface area contributed by atoms with Crippen LogP contribution in [-0.2, 0) is 33.3 Å². The second kappa shape index (κ2) is 12.2. The number of amides is 2. The number of halogens is 1. The number of thiophene rings is 1. The third-order valence-corrected chi connectivity index (χ3v) is 12.2. The molecule has 0 spiro atoms. The van der Waals surface area contributed by atoms with E-state index < -0.39 is 22.2 Å². The number of ether oxygens (including phenoxy) is 1. The molecule has 6 heterocycles. The highest BCUT2D eigenvalue weighted by Gasteiger charge is 2.56. The summed E-state index contributed by atoms with van der Waals surface area (Å²) in [5, 5.41) is 14.0. The first-order valence-corrected chi connectivity index (χ1v) is 19.5. The normalized spacial score (nSPS) is 21.0. The van der Waals surface area contributed by atoms with Gasteiger partial charge in [0.05, 0.1) is 41.0 Å². The Morgan fingerprint density at radius 3 is 2.72 bits per heavy atom. The van der Waals surface area contributed by atoms with Crippen molar-refractivity contribution in [2.24, 2.45) is 5.92 Å². The summed E-state index contributed by atoms with van der Waals surface area (Å²) in [5.41, 5.74) is 2.86. The van der Waals surface area contributed by atoms with Crippen molar-refractivity contribution in [3.05, 3.63) is 58.9 Å². The Hall–Kier alpha value is -4.34. The van der Waals surface area contributed by atoms with Crippen molar-refractivity contribution in [2.45, 2.75) is 82.1 Å². The quantitative estimate of drug-likeness (QED) is 0.171. The van der Waals surface area contributed by atoms with E-state index in [2.05, 4.69) is 10.6 Å². The molecule has 1 unspecified atom stereocenters. The molecule has 2 amide bonds. The standard InChI is InChI=1S/C38H38FN5O4S2/c1-38(2,3)48-37(46)43-18-22-16-28(43)34(22)44-23(19-42-14-8-12-30(42)45)17-26-35(44)25-15-21(9-7-13-40)31(32(39)33(25)41-36(26)50(4)47)27-20-49-29-11-6-5-10-24(27)29/h5-6,10-11,15,17,20,22,28,34H,7-9,12,14,16,18-19H2,1-4H3/t22-,28-,34+,50?/m1/s1. The minimum atomic E-state index is -1.57. The molecule has 50 heavy (non-hydrogen) atoms. The molecule has 1 saturated carbocycles. The lowest BCUT2D eigenvalue weighted by molar-refractivity contribution is -0.128. The Labute approximate surface area is 296 Å². The molecule has 9 nitrogen and oxygen atoms in total. The molecule has 3 aliphatic heterocycles. The summed E-state index contributed by atoms with van der Waals surface area (Å²) >= 11 is 1.54. The van der Waals surface area contributed by atoms with Gasteiger partial charge >= 0.3 is 6.09 Å². The molecule has 258 valence electrons. The zero-order chi connectivity index (χ0) is 35.1. The number of aryl methyl sites for hydroxylation is 1. The third kappa shape index (κ3) is 5.28. The molecule has 4 aliphatic rings. The van der Waals surface area contributed by atoms with Crippen molar-refractivity contribution in [3.8, 4) is 17.2 Å². The molecule has 0 radical (unpaired) electrons. The molecular formula is C38H38FN5O4S2. The first-order valence-electron chi connectivity index (χ1n) is 17.1. The number of hydrogen-bond acceptors (Lipinski definition) is 7. The molecular weight excluding hydrogens is 674 g/mol. The maximum absolute atomic E-state index is 17.4. The summed E-state index contributed by atoms with van der Waals surface area (Å²) in [7, 11) is -1.57. The van der Waals surface area contributed by atoms with Gasteiger partial charge in [0, 0.05) is 75.8 Å². The summed E-state index contributed by atoms with van der Waals surface area (Å²) < 4.78 is 39.8. The van der Waals surface area contributed by atoms with Crippen LogP contribution in [0, 0.1) is 23.1 Å². The third-order valence-electron chi connectivity index (χ3n) is 10.4. The second-order valence-electron chi connectivity index (χ2n) is 14.7. The fourth-order valence-corrected chi connectivity index (χ4v) is 9.90. The molecule has 4 atom stereocenters. The summed E-state index contributed by atoms with van der Waals surface area (Å²) in [6, 6.07) is 13.7. The molecule has 0 N–H and O–H groups in total. The highest BCUT2D eigenvalue weighted by Crippen LogP contribution is 2.53. The van der Waals surface area contributed by atoms with Gasteiger partial charge in [-0.1, -0.05) is 18.2 Å². The zero-order valence-electron chi connectivity index (χ0n) is 28.5. The van der Waals surface area contributed by atoms with Gasteiger partial charge in [-0.05, 0) is 69.2 Å². The zero-order valence-corrected chi connectivity index (χ0v) is 30.1. The van der Waals surface area contributed by atoms with Crippen molar-refractivity contribution in [3.63, 3.8) is 0 Å². The van der Waals surface area contributed by atoms with Crippen LogP contribution in [0.25, 0.3) is 43.0 Å². The lowest BCUT2D eigenvalue weighted by atomic mass is 9.79. The van der Waals surface area contributed by atoms with E-state index in [1.165, 1.54) is 11.3 Å². The number of likely N-dealkylation sites (tertiary alicyclic amines) is 1. The predicted octanol–water partition coefficient (Wildman–Crippen LogP) is 7.71. The highest BCUT2D eigenvalue weighted by atomic mass is 32.2. The number of fused-ring (bicyclic) bond motifs is 5. The van der Waals surface area contributed by atoms with Crippen LogP contribution >= 0.6 is 11.3 Å². The number of aromatic nitrogens is 2. The second-order valence-corrected chi connectivity index (χ2v) is 16.9. The largest absolute Gasteiger partial charge is 0.444 e. The predicted molar refractivity (Wildman–Crippen MR) is 193 cm³/mol. The minimum Gasteiger partial charge on any atom is -0.444 e. The minimum absolute atomic E-state index is 0.0773. The topological polar surface area (TPSA) is 109 Å². The Balaban J connectivity index is 1.39. The molecule has 9 rings (SSSR count). The van der Waals surface area contributed by atoms with Gasteiger partial charge in [0.1, 0.15) is 16.1 Å². The van der Waals surface area contributed by atoms with Crippen LogP contribution in [0.15, 0.2) is 46.8 Å². The van der Waals surface area contributed by atoms with E-state index in [0.717, 1.165) is 34.2 Å². The Morgan fingerprint density at radius 2 is 2.00 bits per heavy atom. The summed E-state index contributed by atoms with van der Waals surface area (Å²) in [4.78, 5) is 34.7. The molecule has 2 aromatic carbocycles. The molecule has 4 fully saturated rings. The fourth-order valence-electron chi connectivity index (χ4n) is 8.26. The van der Waals surface area contributed by atoms with Crippen molar-refractivity contribution < 1.29 is 22.9 Å². The van der Waals surface area contributed by atoms with Crippen LogP contribution in [0.3, 0.4) is 0 Å². The highest BCUT2D eigenvalue weighted by molar-refractivity contribution is 7.84. The van der Waals surface area contributed by atoms with Crippen LogP contribution in [0.4, 0.5) is 9.18 Å². The molecule has 3 aromatic heterocycles. The average molecular weight is 712 g/mol. The van der Waals surface area contributed by atoms with Gasteiger partial charge in [-0.3, -0.25) is 9.00 Å². The average Bonchev–Trinajstić information content (AvgIpc) is 3.89. The number of pyridine rings is 1. The number of carbonyl (C=O) groups is 2. The van der Waals surface area contributed by atoms with Gasteiger partial charge < -0.3 is 19.1 Å². The Morgan fingerprint density at radius 1 is 1.20 bits per heavy atom. The lowest BCUT2D eigenvalue weighted by Gasteiger charge is -2.39. The maximum Gasteiger partial charge on any atom is 0.410 e. The van der Waals surface area contributed by atoms with E-state index in [9.17, 15) is 19.1 Å². The number of nitriles is 1. The molecule has 12 heteroatoms. The van der Waals surface area contributed by atoms with E-state index in [0.29, 0.717) is 59.9 Å². The van der Waals surface area contributed by atoms with Crippen molar-refractivity contribution in [1.82, 2.24) is 19.4 Å². The molecule has 5 aromatic rings. The smallest absolute Gasteiger partial charge is 0.410 e. The Kier molecular flexibility index (Phi) is 7.99. The van der Waals surface area contributed by atoms with E-state index in [1.807, 2.05) is 67.4 Å². The molecule has 2 bridgehead atoms. The summed E-state index contributed by atoms with van der Waals surface area (Å²) in [6.07, 6.45) is 3.81. The number of nitrogens with zero attached hydrogens (tertiary/aromatic N) is 5. The van der Waals surface area contributed by atoms with Gasteiger partial charge in [0.25, 0.3) is 0 Å².